The highest BCUT2D eigenvalue weighted by molar-refractivity contribution is 5.85. The number of amides is 2. The Morgan fingerprint density at radius 2 is 1.83 bits per heavy atom. The molecule has 0 spiro atoms. The van der Waals surface area contributed by atoms with Crippen LogP contribution >= 0.6 is 0 Å². The van der Waals surface area contributed by atoms with Crippen LogP contribution in [0.5, 0.6) is 0 Å². The van der Waals surface area contributed by atoms with Gasteiger partial charge in [-0.05, 0) is 46.8 Å². The number of rotatable bonds is 3. The third kappa shape index (κ3) is 3.35. The van der Waals surface area contributed by atoms with Crippen LogP contribution in [0.15, 0.2) is 0 Å². The monoisotopic (exact) mass is 257 g/mol. The first-order valence-corrected chi connectivity index (χ1v) is 6.21. The van der Waals surface area contributed by atoms with E-state index in [2.05, 4.69) is 17.3 Å². The van der Waals surface area contributed by atoms with E-state index in [1.54, 1.807) is 0 Å². The Balaban J connectivity index is 2.52. The quantitative estimate of drug-likeness (QED) is 0.776. The molecule has 18 heavy (non-hydrogen) atoms. The summed E-state index contributed by atoms with van der Waals surface area (Å²) < 4.78 is 0. The van der Waals surface area contributed by atoms with Gasteiger partial charge in [0.15, 0.2) is 0 Å². The van der Waals surface area contributed by atoms with Crippen molar-refractivity contribution in [2.75, 3.05) is 27.2 Å². The molecule has 0 bridgehead atoms. The summed E-state index contributed by atoms with van der Waals surface area (Å²) in [7, 11) is 3.57. The van der Waals surface area contributed by atoms with Gasteiger partial charge in [0.25, 0.3) is 0 Å². The van der Waals surface area contributed by atoms with E-state index in [4.69, 9.17) is 5.11 Å². The number of aliphatic carboxylic acids is 1. The smallest absolute Gasteiger partial charge is 0.329 e. The largest absolute Gasteiger partial charge is 0.480 e. The molecule has 2 amide bonds. The number of carboxylic acid groups (broad SMARTS) is 1. The zero-order valence-corrected chi connectivity index (χ0v) is 11.6. The maximum Gasteiger partial charge on any atom is 0.329 e. The minimum absolute atomic E-state index is 0.140. The first-order chi connectivity index (χ1) is 8.25. The summed E-state index contributed by atoms with van der Waals surface area (Å²) in [4.78, 5) is 26.5. The van der Waals surface area contributed by atoms with Gasteiger partial charge >= 0.3 is 12.0 Å². The third-order valence-electron chi connectivity index (χ3n) is 3.71. The van der Waals surface area contributed by atoms with Crippen molar-refractivity contribution in [1.82, 2.24) is 15.1 Å². The van der Waals surface area contributed by atoms with Gasteiger partial charge in [0.1, 0.15) is 5.54 Å². The van der Waals surface area contributed by atoms with E-state index in [1.807, 2.05) is 0 Å². The summed E-state index contributed by atoms with van der Waals surface area (Å²) in [5, 5.41) is 12.0. The fourth-order valence-electron chi connectivity index (χ4n) is 1.82. The lowest BCUT2D eigenvalue weighted by atomic mass is 10.0. The topological polar surface area (TPSA) is 72.9 Å². The molecular weight excluding hydrogens is 234 g/mol. The van der Waals surface area contributed by atoms with Crippen molar-refractivity contribution in [1.29, 1.82) is 0 Å². The summed E-state index contributed by atoms with van der Waals surface area (Å²) >= 11 is 0. The molecule has 1 fully saturated rings. The van der Waals surface area contributed by atoms with Crippen LogP contribution in [0.3, 0.4) is 0 Å². The summed E-state index contributed by atoms with van der Waals surface area (Å²) in [5.41, 5.74) is -1.20. The van der Waals surface area contributed by atoms with Gasteiger partial charge in [0, 0.05) is 13.1 Å². The van der Waals surface area contributed by atoms with Crippen molar-refractivity contribution in [3.05, 3.63) is 0 Å². The summed E-state index contributed by atoms with van der Waals surface area (Å²) in [6.45, 7) is 4.95. The molecule has 0 radical (unpaired) electrons. The van der Waals surface area contributed by atoms with Gasteiger partial charge in [-0.25, -0.2) is 9.59 Å². The Hall–Kier alpha value is -1.30. The lowest BCUT2D eigenvalue weighted by Crippen LogP contribution is -2.56. The maximum atomic E-state index is 12.0. The van der Waals surface area contributed by atoms with Crippen molar-refractivity contribution in [2.24, 2.45) is 0 Å². The molecule has 1 aliphatic rings. The van der Waals surface area contributed by atoms with Gasteiger partial charge in [0.05, 0.1) is 0 Å². The maximum absolute atomic E-state index is 12.0. The number of likely N-dealkylation sites (N-methyl/N-ethyl adjacent to an activating group) is 1. The number of carbonyl (C=O) groups excluding carboxylic acids is 1. The molecule has 1 rings (SSSR count). The molecule has 2 N–H and O–H groups in total. The van der Waals surface area contributed by atoms with Gasteiger partial charge in [-0.2, -0.15) is 0 Å². The molecule has 0 aromatic heterocycles. The fraction of sp³-hybridized carbons (Fsp3) is 0.833. The van der Waals surface area contributed by atoms with Crippen LogP contribution in [0.4, 0.5) is 4.79 Å². The Morgan fingerprint density at radius 1 is 1.33 bits per heavy atom. The fourth-order valence-corrected chi connectivity index (χ4v) is 1.82. The Bertz CT molecular complexity index is 323. The molecule has 0 aliphatic carbocycles. The van der Waals surface area contributed by atoms with Crippen LogP contribution in [0.25, 0.3) is 0 Å². The van der Waals surface area contributed by atoms with Gasteiger partial charge in [-0.3, -0.25) is 0 Å². The highest BCUT2D eigenvalue weighted by atomic mass is 16.4. The lowest BCUT2D eigenvalue weighted by molar-refractivity contribution is -0.146. The predicted molar refractivity (Wildman–Crippen MR) is 68.5 cm³/mol. The average molecular weight is 257 g/mol. The number of hydrogen-bond donors (Lipinski definition) is 2. The first kappa shape index (κ1) is 14.8. The molecule has 6 heteroatoms. The van der Waals surface area contributed by atoms with Crippen LogP contribution in [0.1, 0.15) is 26.7 Å². The van der Waals surface area contributed by atoms with E-state index in [9.17, 15) is 9.59 Å². The Kier molecular flexibility index (Phi) is 4.56. The SMILES string of the molecule is CN1CCC(NC(=O)N(C)C(C)(C)C(=O)O)CC1. The molecule has 1 heterocycles. The van der Waals surface area contributed by atoms with E-state index >= 15 is 0 Å². The summed E-state index contributed by atoms with van der Waals surface area (Å²) in [5.74, 6) is -1.01. The van der Waals surface area contributed by atoms with Gasteiger partial charge in [-0.1, -0.05) is 0 Å². The van der Waals surface area contributed by atoms with E-state index in [1.165, 1.54) is 25.8 Å². The Morgan fingerprint density at radius 3 is 2.28 bits per heavy atom. The molecule has 104 valence electrons. The number of piperidine rings is 1. The normalized spacial score (nSPS) is 18.4. The number of nitrogens with zero attached hydrogens (tertiary/aromatic N) is 2. The molecule has 0 saturated carbocycles. The second-order valence-corrected chi connectivity index (χ2v) is 5.45. The number of carboxylic acids is 1. The van der Waals surface area contributed by atoms with Crippen LogP contribution in [-0.2, 0) is 4.79 Å². The summed E-state index contributed by atoms with van der Waals surface area (Å²) in [6.07, 6.45) is 1.81. The van der Waals surface area contributed by atoms with Gasteiger partial charge < -0.3 is 20.2 Å². The molecule has 0 unspecified atom stereocenters. The van der Waals surface area contributed by atoms with Crippen molar-refractivity contribution < 1.29 is 14.7 Å². The molecule has 6 nitrogen and oxygen atoms in total. The van der Waals surface area contributed by atoms with E-state index in [-0.39, 0.29) is 12.1 Å². The number of hydrogen-bond acceptors (Lipinski definition) is 3. The first-order valence-electron chi connectivity index (χ1n) is 6.21. The van der Waals surface area contributed by atoms with Crippen LogP contribution in [0.2, 0.25) is 0 Å². The molecule has 0 atom stereocenters. The number of nitrogens with one attached hydrogen (secondary N) is 1. The van der Waals surface area contributed by atoms with Crippen LogP contribution < -0.4 is 5.32 Å². The van der Waals surface area contributed by atoms with Gasteiger partial charge in [0.2, 0.25) is 0 Å². The van der Waals surface area contributed by atoms with E-state index in [0.717, 1.165) is 25.9 Å². The molecular formula is C12H23N3O3. The van der Waals surface area contributed by atoms with Crippen molar-refractivity contribution in [3.63, 3.8) is 0 Å². The molecule has 0 aromatic rings. The molecule has 0 aromatic carbocycles. The zero-order valence-electron chi connectivity index (χ0n) is 11.6. The number of urea groups is 1. The number of carbonyl (C=O) groups is 2. The highest BCUT2D eigenvalue weighted by Crippen LogP contribution is 2.14. The lowest BCUT2D eigenvalue weighted by Gasteiger charge is -2.35. The van der Waals surface area contributed by atoms with E-state index in [0.29, 0.717) is 0 Å². The van der Waals surface area contributed by atoms with Crippen molar-refractivity contribution >= 4 is 12.0 Å². The van der Waals surface area contributed by atoms with Crippen LogP contribution in [-0.4, -0.2) is 65.7 Å². The Labute approximate surface area is 108 Å². The second kappa shape index (κ2) is 5.56. The second-order valence-electron chi connectivity index (χ2n) is 5.45. The third-order valence-corrected chi connectivity index (χ3v) is 3.71. The minimum Gasteiger partial charge on any atom is -0.480 e. The zero-order chi connectivity index (χ0) is 13.9. The van der Waals surface area contributed by atoms with Crippen molar-refractivity contribution in [3.8, 4) is 0 Å². The van der Waals surface area contributed by atoms with Crippen LogP contribution in [0, 0.1) is 0 Å². The van der Waals surface area contributed by atoms with Gasteiger partial charge in [-0.15, -0.1) is 0 Å². The molecule has 1 saturated heterocycles. The van der Waals surface area contributed by atoms with E-state index < -0.39 is 11.5 Å². The standard InChI is InChI=1S/C12H23N3O3/c1-12(2,10(16)17)15(4)11(18)13-9-5-7-14(3)8-6-9/h9H,5-8H2,1-4H3,(H,13,18)(H,16,17). The average Bonchev–Trinajstić information content (AvgIpc) is 2.30. The summed E-state index contributed by atoms with van der Waals surface area (Å²) in [6, 6.07) is -0.183. The highest BCUT2D eigenvalue weighted by Gasteiger charge is 2.36. The number of likely N-dealkylation sites (tertiary alicyclic amines) is 1. The minimum atomic E-state index is -1.20. The predicted octanol–water partition coefficient (Wildman–Crippen LogP) is 0.585. The molecule has 1 aliphatic heterocycles. The van der Waals surface area contributed by atoms with Crippen molar-refractivity contribution in [2.45, 2.75) is 38.3 Å².